The van der Waals surface area contributed by atoms with E-state index in [1.807, 2.05) is 31.2 Å². The van der Waals surface area contributed by atoms with Crippen LogP contribution in [0.3, 0.4) is 0 Å². The zero-order valence-electron chi connectivity index (χ0n) is 12.4. The number of urea groups is 1. The van der Waals surface area contributed by atoms with E-state index < -0.39 is 0 Å². The fourth-order valence-corrected chi connectivity index (χ4v) is 2.02. The average Bonchev–Trinajstić information content (AvgIpc) is 2.44. The van der Waals surface area contributed by atoms with Crippen LogP contribution in [-0.2, 0) is 11.3 Å². The van der Waals surface area contributed by atoms with Crippen molar-refractivity contribution in [1.29, 1.82) is 0 Å². The molecule has 0 heterocycles. The Morgan fingerprint density at radius 2 is 2.25 bits per heavy atom. The minimum Gasteiger partial charge on any atom is -0.380 e. The largest absolute Gasteiger partial charge is 0.380 e. The Balaban J connectivity index is 2.61. The van der Waals surface area contributed by atoms with E-state index in [-0.39, 0.29) is 12.1 Å². The molecule has 0 aliphatic rings. The van der Waals surface area contributed by atoms with Gasteiger partial charge in [0, 0.05) is 31.8 Å². The molecule has 0 saturated heterocycles. The predicted octanol–water partition coefficient (Wildman–Crippen LogP) is 3.30. The summed E-state index contributed by atoms with van der Waals surface area (Å²) in [6, 6.07) is 7.51. The molecule has 0 aliphatic heterocycles. The number of hydrogen-bond donors (Lipinski definition) is 1. The molecule has 1 aromatic carbocycles. The van der Waals surface area contributed by atoms with Gasteiger partial charge >= 0.3 is 6.03 Å². The van der Waals surface area contributed by atoms with Gasteiger partial charge in [-0.1, -0.05) is 30.7 Å². The van der Waals surface area contributed by atoms with Gasteiger partial charge in [0.2, 0.25) is 0 Å². The molecule has 2 amide bonds. The van der Waals surface area contributed by atoms with Gasteiger partial charge < -0.3 is 15.0 Å². The Bertz CT molecular complexity index is 426. The molecule has 1 rings (SSSR count). The number of benzene rings is 1. The van der Waals surface area contributed by atoms with Crippen molar-refractivity contribution in [2.75, 3.05) is 20.2 Å². The van der Waals surface area contributed by atoms with E-state index in [0.717, 1.165) is 12.0 Å². The maximum atomic E-state index is 12.2. The quantitative estimate of drug-likeness (QED) is 0.839. The molecule has 0 spiro atoms. The van der Waals surface area contributed by atoms with Gasteiger partial charge in [0.25, 0.3) is 0 Å². The number of rotatable bonds is 7. The van der Waals surface area contributed by atoms with Crippen LogP contribution in [0.4, 0.5) is 4.79 Å². The highest BCUT2D eigenvalue weighted by Crippen LogP contribution is 2.13. The molecule has 0 fully saturated rings. The first-order valence-corrected chi connectivity index (χ1v) is 7.24. The molecule has 1 unspecified atom stereocenters. The minimum absolute atomic E-state index is 0.00796. The number of amides is 2. The second kappa shape index (κ2) is 8.82. The third kappa shape index (κ3) is 5.80. The van der Waals surface area contributed by atoms with Crippen molar-refractivity contribution in [3.05, 3.63) is 34.9 Å². The first-order valence-electron chi connectivity index (χ1n) is 6.86. The first kappa shape index (κ1) is 16.8. The van der Waals surface area contributed by atoms with Crippen molar-refractivity contribution >= 4 is 17.6 Å². The number of hydrogen-bond acceptors (Lipinski definition) is 2. The van der Waals surface area contributed by atoms with Crippen molar-refractivity contribution in [3.8, 4) is 0 Å². The van der Waals surface area contributed by atoms with Gasteiger partial charge in [0.05, 0.1) is 6.10 Å². The summed E-state index contributed by atoms with van der Waals surface area (Å²) in [5.41, 5.74) is 1.03. The van der Waals surface area contributed by atoms with Crippen molar-refractivity contribution in [3.63, 3.8) is 0 Å². The van der Waals surface area contributed by atoms with Crippen molar-refractivity contribution in [2.45, 2.75) is 32.9 Å². The summed E-state index contributed by atoms with van der Waals surface area (Å²) in [6.07, 6.45) is 0.918. The van der Waals surface area contributed by atoms with Crippen molar-refractivity contribution < 1.29 is 9.53 Å². The van der Waals surface area contributed by atoms with Crippen molar-refractivity contribution in [1.82, 2.24) is 10.2 Å². The van der Waals surface area contributed by atoms with E-state index in [9.17, 15) is 4.79 Å². The van der Waals surface area contributed by atoms with Crippen LogP contribution >= 0.6 is 11.6 Å². The van der Waals surface area contributed by atoms with Crippen LogP contribution in [0.15, 0.2) is 24.3 Å². The third-order valence-corrected chi connectivity index (χ3v) is 3.22. The van der Waals surface area contributed by atoms with Gasteiger partial charge in [0.15, 0.2) is 0 Å². The lowest BCUT2D eigenvalue weighted by Gasteiger charge is -2.23. The van der Waals surface area contributed by atoms with E-state index in [1.54, 1.807) is 12.0 Å². The molecule has 1 aromatic rings. The van der Waals surface area contributed by atoms with Crippen molar-refractivity contribution in [2.24, 2.45) is 0 Å². The van der Waals surface area contributed by atoms with E-state index in [0.29, 0.717) is 24.7 Å². The number of nitrogens with zero attached hydrogens (tertiary/aromatic N) is 1. The van der Waals surface area contributed by atoms with Gasteiger partial charge in [0.1, 0.15) is 0 Å². The van der Waals surface area contributed by atoms with Gasteiger partial charge in [-0.15, -0.1) is 0 Å². The number of carbonyl (C=O) groups is 1. The van der Waals surface area contributed by atoms with E-state index in [4.69, 9.17) is 16.3 Å². The highest BCUT2D eigenvalue weighted by molar-refractivity contribution is 6.30. The molecule has 112 valence electrons. The Kier molecular flexibility index (Phi) is 7.41. The maximum Gasteiger partial charge on any atom is 0.317 e. The minimum atomic E-state index is -0.0734. The highest BCUT2D eigenvalue weighted by atomic mass is 35.5. The van der Waals surface area contributed by atoms with Gasteiger partial charge in [-0.2, -0.15) is 0 Å². The summed E-state index contributed by atoms with van der Waals surface area (Å²) in [7, 11) is 1.63. The highest BCUT2D eigenvalue weighted by Gasteiger charge is 2.13. The van der Waals surface area contributed by atoms with E-state index >= 15 is 0 Å². The molecule has 1 N–H and O–H groups in total. The Morgan fingerprint density at radius 3 is 2.85 bits per heavy atom. The molecule has 0 saturated carbocycles. The average molecular weight is 299 g/mol. The molecular weight excluding hydrogens is 276 g/mol. The van der Waals surface area contributed by atoms with Crippen LogP contribution in [0.5, 0.6) is 0 Å². The van der Waals surface area contributed by atoms with E-state index in [2.05, 4.69) is 12.2 Å². The molecule has 0 bridgehead atoms. The van der Waals surface area contributed by atoms with Crippen LogP contribution in [0, 0.1) is 0 Å². The van der Waals surface area contributed by atoms with E-state index in [1.165, 1.54) is 0 Å². The zero-order valence-corrected chi connectivity index (χ0v) is 13.1. The Hall–Kier alpha value is -1.26. The molecule has 20 heavy (non-hydrogen) atoms. The number of nitrogens with one attached hydrogen (secondary N) is 1. The fourth-order valence-electron chi connectivity index (χ4n) is 1.80. The molecule has 0 aliphatic carbocycles. The molecule has 5 heteroatoms. The molecule has 0 radical (unpaired) electrons. The topological polar surface area (TPSA) is 41.6 Å². The lowest BCUT2D eigenvalue weighted by molar-refractivity contribution is 0.115. The van der Waals surface area contributed by atoms with Gasteiger partial charge in [-0.05, 0) is 31.0 Å². The molecule has 1 atom stereocenters. The summed E-state index contributed by atoms with van der Waals surface area (Å²) in [5, 5.41) is 3.57. The van der Waals surface area contributed by atoms with Gasteiger partial charge in [-0.25, -0.2) is 4.79 Å². The number of carbonyl (C=O) groups excluding carboxylic acids is 1. The first-order chi connectivity index (χ1) is 9.56. The summed E-state index contributed by atoms with van der Waals surface area (Å²) < 4.78 is 5.12. The predicted molar refractivity (Wildman–Crippen MR) is 82.0 cm³/mol. The summed E-state index contributed by atoms with van der Waals surface area (Å²) in [6.45, 7) is 5.74. The molecule has 4 nitrogen and oxygen atoms in total. The fraction of sp³-hybridized carbons (Fsp3) is 0.533. The summed E-state index contributed by atoms with van der Waals surface area (Å²) in [5.74, 6) is 0. The zero-order chi connectivity index (χ0) is 15.0. The second-order valence-corrected chi connectivity index (χ2v) is 5.22. The maximum absolute atomic E-state index is 12.2. The number of halogens is 1. The summed E-state index contributed by atoms with van der Waals surface area (Å²) in [4.78, 5) is 14.0. The molecular formula is C15H23ClN2O2. The second-order valence-electron chi connectivity index (χ2n) is 4.78. The van der Waals surface area contributed by atoms with Crippen LogP contribution < -0.4 is 5.32 Å². The normalized spacial score (nSPS) is 12.0. The Labute approximate surface area is 126 Å². The number of methoxy groups -OCH3 is 1. The van der Waals surface area contributed by atoms with Crippen LogP contribution in [-0.4, -0.2) is 37.2 Å². The third-order valence-electron chi connectivity index (χ3n) is 2.99. The van der Waals surface area contributed by atoms with Crippen LogP contribution in [0.2, 0.25) is 5.02 Å². The molecule has 0 aromatic heterocycles. The number of ether oxygens (including phenoxy) is 1. The van der Waals surface area contributed by atoms with Gasteiger partial charge in [-0.3, -0.25) is 0 Å². The monoisotopic (exact) mass is 298 g/mol. The SMILES string of the molecule is CCCN(Cc1cccc(Cl)c1)C(=O)NCC(C)OC. The van der Waals surface area contributed by atoms with Crippen LogP contribution in [0.1, 0.15) is 25.8 Å². The lowest BCUT2D eigenvalue weighted by Crippen LogP contribution is -2.42. The Morgan fingerprint density at radius 1 is 1.50 bits per heavy atom. The van der Waals surface area contributed by atoms with Crippen LogP contribution in [0.25, 0.3) is 0 Å². The standard InChI is InChI=1S/C15H23ClN2O2/c1-4-8-18(15(19)17-10-12(2)20-3)11-13-6-5-7-14(16)9-13/h5-7,9,12H,4,8,10-11H2,1-3H3,(H,17,19). The lowest BCUT2D eigenvalue weighted by atomic mass is 10.2. The smallest absolute Gasteiger partial charge is 0.317 e. The summed E-state index contributed by atoms with van der Waals surface area (Å²) >= 11 is 5.97.